The van der Waals surface area contributed by atoms with Crippen molar-refractivity contribution in [2.75, 3.05) is 7.11 Å². The van der Waals surface area contributed by atoms with E-state index in [1.807, 2.05) is 41.8 Å². The minimum absolute atomic E-state index is 0.512. The Bertz CT molecular complexity index is 869. The lowest BCUT2D eigenvalue weighted by Gasteiger charge is -2.11. The van der Waals surface area contributed by atoms with Crippen molar-refractivity contribution in [2.45, 2.75) is 13.5 Å². The van der Waals surface area contributed by atoms with Gasteiger partial charge in [-0.25, -0.2) is 4.98 Å². The molecule has 6 heteroatoms. The van der Waals surface area contributed by atoms with Gasteiger partial charge in [0.25, 0.3) is 0 Å². The zero-order valence-corrected chi connectivity index (χ0v) is 13.3. The average Bonchev–Trinajstić information content (AvgIpc) is 2.77. The van der Waals surface area contributed by atoms with Crippen LogP contribution in [0.15, 0.2) is 30.3 Å². The van der Waals surface area contributed by atoms with Crippen LogP contribution in [-0.2, 0) is 6.54 Å². The van der Waals surface area contributed by atoms with E-state index in [2.05, 4.69) is 9.97 Å². The number of fused-ring (bicyclic) bond motifs is 1. The first kappa shape index (κ1) is 14.1. The van der Waals surface area contributed by atoms with E-state index in [1.54, 1.807) is 7.11 Å². The van der Waals surface area contributed by atoms with Gasteiger partial charge in [0.2, 0.25) is 0 Å². The molecule has 0 aliphatic carbocycles. The fraction of sp³-hybridized carbons (Fsp3) is 0.200. The Morgan fingerprint density at radius 2 is 2.14 bits per heavy atom. The van der Waals surface area contributed by atoms with Gasteiger partial charge in [-0.2, -0.15) is 0 Å². The number of pyridine rings is 1. The summed E-state index contributed by atoms with van der Waals surface area (Å²) in [7, 11) is 1.63. The number of halogens is 1. The Morgan fingerprint density at radius 1 is 1.33 bits per heavy atom. The summed E-state index contributed by atoms with van der Waals surface area (Å²) < 4.78 is 7.94. The van der Waals surface area contributed by atoms with Gasteiger partial charge in [0, 0.05) is 16.3 Å². The van der Waals surface area contributed by atoms with Gasteiger partial charge < -0.3 is 9.72 Å². The van der Waals surface area contributed by atoms with Crippen LogP contribution in [0.1, 0.15) is 11.3 Å². The minimum Gasteiger partial charge on any atom is -0.496 e. The summed E-state index contributed by atoms with van der Waals surface area (Å²) in [5.74, 6) is 0.742. The number of hydrogen-bond donors (Lipinski definition) is 1. The lowest BCUT2D eigenvalue weighted by atomic mass is 10.2. The van der Waals surface area contributed by atoms with Gasteiger partial charge in [0.1, 0.15) is 5.75 Å². The van der Waals surface area contributed by atoms with Crippen LogP contribution in [0.4, 0.5) is 0 Å². The summed E-state index contributed by atoms with van der Waals surface area (Å²) in [5.41, 5.74) is 3.57. The Balaban J connectivity index is 2.17. The number of imidazole rings is 1. The van der Waals surface area contributed by atoms with Gasteiger partial charge in [-0.1, -0.05) is 17.7 Å². The van der Waals surface area contributed by atoms with E-state index in [4.69, 9.17) is 28.6 Å². The maximum atomic E-state index is 6.30. The first-order chi connectivity index (χ1) is 10.1. The highest BCUT2D eigenvalue weighted by Crippen LogP contribution is 2.28. The molecule has 0 fully saturated rings. The second kappa shape index (κ2) is 5.50. The average molecular weight is 320 g/mol. The Labute approximate surface area is 132 Å². The van der Waals surface area contributed by atoms with Crippen LogP contribution in [0, 0.1) is 11.7 Å². The number of aryl methyl sites for hydroxylation is 1. The summed E-state index contributed by atoms with van der Waals surface area (Å²) in [6.45, 7) is 2.47. The molecule has 3 rings (SSSR count). The van der Waals surface area contributed by atoms with Crippen LogP contribution in [0.3, 0.4) is 0 Å². The van der Waals surface area contributed by atoms with Gasteiger partial charge in [-0.15, -0.1) is 0 Å². The zero-order chi connectivity index (χ0) is 15.0. The summed E-state index contributed by atoms with van der Waals surface area (Å²) >= 11 is 11.7. The number of methoxy groups -OCH3 is 1. The summed E-state index contributed by atoms with van der Waals surface area (Å²) in [6.07, 6.45) is 0. The molecule has 0 spiro atoms. The van der Waals surface area contributed by atoms with Crippen molar-refractivity contribution in [2.24, 2.45) is 0 Å². The number of aromatic nitrogens is 3. The summed E-state index contributed by atoms with van der Waals surface area (Å²) in [4.78, 5) is 7.72. The number of benzene rings is 1. The maximum absolute atomic E-state index is 6.30. The number of ether oxygens (including phenoxy) is 1. The third-order valence-corrected chi connectivity index (χ3v) is 4.05. The standard InChI is InChI=1S/C15H14ClN3OS/c1-9-6-7-12-14(17-9)19(15(21)18-12)8-10-11(16)4-3-5-13(10)20-2/h3-7H,8H2,1-2H3,(H,18,21). The van der Waals surface area contributed by atoms with Crippen LogP contribution in [0.5, 0.6) is 5.75 Å². The number of rotatable bonds is 3. The predicted octanol–water partition coefficient (Wildman–Crippen LogP) is 4.11. The zero-order valence-electron chi connectivity index (χ0n) is 11.7. The second-order valence-corrected chi connectivity index (χ2v) is 5.55. The van der Waals surface area contributed by atoms with E-state index >= 15 is 0 Å². The Hall–Kier alpha value is -1.85. The second-order valence-electron chi connectivity index (χ2n) is 4.76. The maximum Gasteiger partial charge on any atom is 0.179 e. The molecule has 108 valence electrons. The van der Waals surface area contributed by atoms with E-state index < -0.39 is 0 Å². The molecule has 0 aliphatic rings. The Morgan fingerprint density at radius 3 is 2.90 bits per heavy atom. The molecule has 1 N–H and O–H groups in total. The van der Waals surface area contributed by atoms with Crippen molar-refractivity contribution in [3.05, 3.63) is 51.4 Å². The van der Waals surface area contributed by atoms with Gasteiger partial charge >= 0.3 is 0 Å². The lowest BCUT2D eigenvalue weighted by molar-refractivity contribution is 0.408. The van der Waals surface area contributed by atoms with E-state index in [-0.39, 0.29) is 0 Å². The molecule has 4 nitrogen and oxygen atoms in total. The molecular formula is C15H14ClN3OS. The summed E-state index contributed by atoms with van der Waals surface area (Å²) in [6, 6.07) is 9.53. The van der Waals surface area contributed by atoms with Gasteiger partial charge in [-0.05, 0) is 43.4 Å². The third kappa shape index (κ3) is 2.54. The topological polar surface area (TPSA) is 42.8 Å². The molecular weight excluding hydrogens is 306 g/mol. The van der Waals surface area contributed by atoms with Gasteiger partial charge in [0.15, 0.2) is 10.4 Å². The van der Waals surface area contributed by atoms with Crippen molar-refractivity contribution in [3.8, 4) is 5.75 Å². The first-order valence-corrected chi connectivity index (χ1v) is 7.26. The number of aromatic amines is 1. The quantitative estimate of drug-likeness (QED) is 0.739. The highest BCUT2D eigenvalue weighted by molar-refractivity contribution is 7.71. The lowest BCUT2D eigenvalue weighted by Crippen LogP contribution is -2.04. The number of hydrogen-bond acceptors (Lipinski definition) is 3. The number of nitrogens with one attached hydrogen (secondary N) is 1. The molecule has 2 heterocycles. The first-order valence-electron chi connectivity index (χ1n) is 6.47. The van der Waals surface area contributed by atoms with Crippen LogP contribution < -0.4 is 4.74 Å². The SMILES string of the molecule is COc1cccc(Cl)c1Cn1c(=S)[nH]c2ccc(C)nc21. The summed E-state index contributed by atoms with van der Waals surface area (Å²) in [5, 5.41) is 0.651. The van der Waals surface area contributed by atoms with Crippen molar-refractivity contribution in [1.29, 1.82) is 0 Å². The minimum atomic E-state index is 0.512. The molecule has 0 unspecified atom stereocenters. The number of nitrogens with zero attached hydrogens (tertiary/aromatic N) is 2. The van der Waals surface area contributed by atoms with Crippen LogP contribution in [-0.4, -0.2) is 21.6 Å². The van der Waals surface area contributed by atoms with Crippen molar-refractivity contribution in [1.82, 2.24) is 14.5 Å². The van der Waals surface area contributed by atoms with Crippen molar-refractivity contribution in [3.63, 3.8) is 0 Å². The molecule has 0 amide bonds. The fourth-order valence-corrected chi connectivity index (χ4v) is 2.80. The smallest absolute Gasteiger partial charge is 0.179 e. The van der Waals surface area contributed by atoms with E-state index in [9.17, 15) is 0 Å². The van der Waals surface area contributed by atoms with Gasteiger partial charge in [-0.3, -0.25) is 4.57 Å². The van der Waals surface area contributed by atoms with Crippen molar-refractivity contribution < 1.29 is 4.74 Å². The van der Waals surface area contributed by atoms with E-state index in [0.717, 1.165) is 28.2 Å². The van der Waals surface area contributed by atoms with Crippen LogP contribution in [0.25, 0.3) is 11.2 Å². The highest BCUT2D eigenvalue weighted by Gasteiger charge is 2.12. The largest absolute Gasteiger partial charge is 0.496 e. The molecule has 0 bridgehead atoms. The molecule has 0 radical (unpaired) electrons. The van der Waals surface area contributed by atoms with Crippen LogP contribution in [0.2, 0.25) is 5.02 Å². The molecule has 2 aromatic heterocycles. The Kier molecular flexibility index (Phi) is 3.69. The van der Waals surface area contributed by atoms with Crippen molar-refractivity contribution >= 4 is 35.0 Å². The monoisotopic (exact) mass is 319 g/mol. The normalized spacial score (nSPS) is 11.0. The molecule has 1 aromatic carbocycles. The molecule has 0 saturated carbocycles. The molecule has 21 heavy (non-hydrogen) atoms. The molecule has 0 aliphatic heterocycles. The third-order valence-electron chi connectivity index (χ3n) is 3.37. The highest BCUT2D eigenvalue weighted by atomic mass is 35.5. The molecule has 0 atom stereocenters. The number of H-pyrrole nitrogens is 1. The molecule has 3 aromatic rings. The fourth-order valence-electron chi connectivity index (χ4n) is 2.31. The predicted molar refractivity (Wildman–Crippen MR) is 86.8 cm³/mol. The van der Waals surface area contributed by atoms with Crippen LogP contribution >= 0.6 is 23.8 Å². The molecule has 0 saturated heterocycles. The van der Waals surface area contributed by atoms with Gasteiger partial charge in [0.05, 0.1) is 19.2 Å². The van der Waals surface area contributed by atoms with E-state index in [0.29, 0.717) is 16.3 Å². The van der Waals surface area contributed by atoms with E-state index in [1.165, 1.54) is 0 Å².